The molecule has 0 amide bonds. The van der Waals surface area contributed by atoms with Gasteiger partial charge in [0.2, 0.25) is 0 Å². The van der Waals surface area contributed by atoms with Crippen molar-refractivity contribution in [1.29, 1.82) is 0 Å². The number of hydrogen-bond donors (Lipinski definition) is 0. The van der Waals surface area contributed by atoms with Crippen LogP contribution in [0.1, 0.15) is 25.7 Å². The molecule has 0 unspecified atom stereocenters. The van der Waals surface area contributed by atoms with Gasteiger partial charge in [0, 0.05) is 0 Å². The van der Waals surface area contributed by atoms with Gasteiger partial charge in [-0.3, -0.25) is 0 Å². The molecule has 1 heteroatoms. The third-order valence-electron chi connectivity index (χ3n) is 1.69. The van der Waals surface area contributed by atoms with Gasteiger partial charge >= 0.3 is 56.0 Å². The van der Waals surface area contributed by atoms with Crippen molar-refractivity contribution in [2.24, 2.45) is 0 Å². The van der Waals surface area contributed by atoms with Crippen LogP contribution >= 0.6 is 0 Å². The fraction of sp³-hybridized carbons (Fsp3) is 1.00. The molecule has 1 radical (unpaired) electrons. The molecule has 0 atom stereocenters. The van der Waals surface area contributed by atoms with E-state index in [9.17, 15) is 0 Å². The van der Waals surface area contributed by atoms with Gasteiger partial charge in [-0.15, -0.1) is 0 Å². The van der Waals surface area contributed by atoms with Gasteiger partial charge in [0.05, 0.1) is 0 Å². The number of rotatable bonds is 1. The van der Waals surface area contributed by atoms with Crippen LogP contribution in [0.15, 0.2) is 0 Å². The molecule has 1 aliphatic carbocycles. The standard InChI is InChI=1S/C5H9.CH3.Sb/c1-2-4-5-3-1;;/h1H,2-5H2;1H3;. The Morgan fingerprint density at radius 3 is 2.14 bits per heavy atom. The van der Waals surface area contributed by atoms with Gasteiger partial charge < -0.3 is 0 Å². The van der Waals surface area contributed by atoms with E-state index in [1.807, 2.05) is 0 Å². The van der Waals surface area contributed by atoms with Crippen LogP contribution in [0.3, 0.4) is 0 Å². The molecule has 41 valence electrons. The van der Waals surface area contributed by atoms with Gasteiger partial charge in [-0.1, -0.05) is 0 Å². The van der Waals surface area contributed by atoms with Crippen molar-refractivity contribution < 1.29 is 0 Å². The quantitative estimate of drug-likeness (QED) is 0.576. The molecular weight excluding hydrogens is 194 g/mol. The first-order valence-electron chi connectivity index (χ1n) is 3.02. The van der Waals surface area contributed by atoms with Crippen molar-refractivity contribution in [1.82, 2.24) is 0 Å². The van der Waals surface area contributed by atoms with Crippen LogP contribution in [0.25, 0.3) is 0 Å². The summed E-state index contributed by atoms with van der Waals surface area (Å²) in [4.78, 5) is 2.45. The molecule has 0 heterocycles. The van der Waals surface area contributed by atoms with Gasteiger partial charge in [0.25, 0.3) is 0 Å². The molecule has 7 heavy (non-hydrogen) atoms. The SMILES string of the molecule is [CH3][Sb][CH]1CCCC1. The maximum absolute atomic E-state index is 2.45. The molecule has 0 N–H and O–H groups in total. The van der Waals surface area contributed by atoms with Crippen molar-refractivity contribution in [3.63, 3.8) is 0 Å². The predicted molar refractivity (Wildman–Crippen MR) is 33.8 cm³/mol. The Kier molecular flexibility index (Phi) is 2.52. The van der Waals surface area contributed by atoms with Crippen molar-refractivity contribution in [3.8, 4) is 0 Å². The van der Waals surface area contributed by atoms with E-state index in [1.54, 1.807) is 12.8 Å². The minimum absolute atomic E-state index is 0.308. The summed E-state index contributed by atoms with van der Waals surface area (Å²) in [6.45, 7) is 0. The molecule has 0 bridgehead atoms. The van der Waals surface area contributed by atoms with E-state index in [0.717, 1.165) is 0 Å². The Balaban J connectivity index is 2.14. The summed E-state index contributed by atoms with van der Waals surface area (Å²) in [5.74, 6) is 0. The summed E-state index contributed by atoms with van der Waals surface area (Å²) in [7, 11) is 0. The normalized spacial score (nSPS) is 23.6. The summed E-state index contributed by atoms with van der Waals surface area (Å²) < 4.78 is 1.25. The predicted octanol–water partition coefficient (Wildman–Crippen LogP) is 2.10. The summed E-state index contributed by atoms with van der Waals surface area (Å²) in [6.07, 6.45) is 6.23. The zero-order valence-corrected chi connectivity index (χ0v) is 7.41. The van der Waals surface area contributed by atoms with E-state index in [1.165, 1.54) is 16.7 Å². The summed E-state index contributed by atoms with van der Waals surface area (Å²) in [6, 6.07) is 0. The minimum atomic E-state index is 0.308. The van der Waals surface area contributed by atoms with Crippen LogP contribution in [-0.2, 0) is 0 Å². The third-order valence-corrected chi connectivity index (χ3v) is 5.25. The fourth-order valence-electron chi connectivity index (χ4n) is 1.16. The van der Waals surface area contributed by atoms with E-state index in [-0.39, 0.29) is 0 Å². The summed E-state index contributed by atoms with van der Waals surface area (Å²) in [5.41, 5.74) is 0. The Morgan fingerprint density at radius 2 is 1.86 bits per heavy atom. The van der Waals surface area contributed by atoms with E-state index in [4.69, 9.17) is 0 Å². The van der Waals surface area contributed by atoms with Crippen LogP contribution in [0.4, 0.5) is 0 Å². The third kappa shape index (κ3) is 1.64. The van der Waals surface area contributed by atoms with Crippen LogP contribution in [0.5, 0.6) is 0 Å². The average molecular weight is 206 g/mol. The van der Waals surface area contributed by atoms with Crippen molar-refractivity contribution >= 4 is 21.6 Å². The van der Waals surface area contributed by atoms with Crippen LogP contribution in [-0.4, -0.2) is 21.6 Å². The zero-order valence-electron chi connectivity index (χ0n) is 4.85. The first-order valence-corrected chi connectivity index (χ1v) is 7.05. The Hall–Kier alpha value is 0.818. The van der Waals surface area contributed by atoms with Crippen molar-refractivity contribution in [3.05, 3.63) is 0 Å². The fourth-order valence-corrected chi connectivity index (χ4v) is 3.68. The molecule has 0 saturated heterocycles. The second-order valence-electron chi connectivity index (χ2n) is 2.20. The second kappa shape index (κ2) is 2.97. The summed E-state index contributed by atoms with van der Waals surface area (Å²) >= 11 is 0.308. The van der Waals surface area contributed by atoms with Crippen LogP contribution < -0.4 is 0 Å². The first kappa shape index (κ1) is 5.95. The maximum atomic E-state index is 2.45. The Morgan fingerprint density at radius 1 is 1.29 bits per heavy atom. The molecule has 0 aromatic rings. The molecule has 0 aliphatic heterocycles. The molecule has 0 aromatic carbocycles. The van der Waals surface area contributed by atoms with Crippen LogP contribution in [0.2, 0.25) is 8.73 Å². The molecule has 1 rings (SSSR count). The molecular formula is C6H12Sb. The molecule has 1 saturated carbocycles. The molecule has 0 nitrogen and oxygen atoms in total. The van der Waals surface area contributed by atoms with E-state index in [2.05, 4.69) is 4.87 Å². The van der Waals surface area contributed by atoms with Gasteiger partial charge in [0.1, 0.15) is 0 Å². The molecule has 0 aromatic heterocycles. The monoisotopic (exact) mass is 205 g/mol. The zero-order chi connectivity index (χ0) is 5.11. The van der Waals surface area contributed by atoms with Crippen molar-refractivity contribution in [2.45, 2.75) is 34.4 Å². The van der Waals surface area contributed by atoms with Gasteiger partial charge in [-0.2, -0.15) is 0 Å². The van der Waals surface area contributed by atoms with Gasteiger partial charge in [0.15, 0.2) is 0 Å². The number of hydrogen-bond acceptors (Lipinski definition) is 0. The average Bonchev–Trinajstić information content (AvgIpc) is 2.14. The molecule has 1 aliphatic rings. The van der Waals surface area contributed by atoms with E-state index >= 15 is 0 Å². The van der Waals surface area contributed by atoms with E-state index < -0.39 is 0 Å². The topological polar surface area (TPSA) is 0 Å². The summed E-state index contributed by atoms with van der Waals surface area (Å²) in [5, 5.41) is 0. The second-order valence-corrected chi connectivity index (χ2v) is 5.75. The van der Waals surface area contributed by atoms with E-state index in [0.29, 0.717) is 21.6 Å². The molecule has 1 fully saturated rings. The van der Waals surface area contributed by atoms with Gasteiger partial charge in [-0.05, 0) is 0 Å². The van der Waals surface area contributed by atoms with Crippen molar-refractivity contribution in [2.75, 3.05) is 0 Å². The van der Waals surface area contributed by atoms with Crippen LogP contribution in [0, 0.1) is 0 Å². The first-order chi connectivity index (χ1) is 3.43. The molecule has 0 spiro atoms. The van der Waals surface area contributed by atoms with Gasteiger partial charge in [-0.25, -0.2) is 0 Å². The Labute approximate surface area is 56.2 Å². The Bertz CT molecular complexity index is 46.1.